The SMILES string of the molecule is CCCOC(O)(CCC1=[C]([GeH2][F])C=CC1)OCCC. The topological polar surface area (TPSA) is 38.7 Å². The van der Waals surface area contributed by atoms with E-state index in [1.165, 1.54) is 0 Å². The number of ether oxygens (including phenoxy) is 2. The third kappa shape index (κ3) is 5.77. The van der Waals surface area contributed by atoms with Crippen molar-refractivity contribution < 1.29 is 18.1 Å². The van der Waals surface area contributed by atoms with Crippen LogP contribution in [0.3, 0.4) is 0 Å². The van der Waals surface area contributed by atoms with Gasteiger partial charge in [-0.1, -0.05) is 0 Å². The number of aliphatic hydroxyl groups is 1. The Balaban J connectivity index is 2.52. The molecule has 0 heterocycles. The van der Waals surface area contributed by atoms with Crippen molar-refractivity contribution in [3.8, 4) is 0 Å². The van der Waals surface area contributed by atoms with E-state index in [1.807, 2.05) is 26.0 Å². The molecule has 1 N–H and O–H groups in total. The van der Waals surface area contributed by atoms with E-state index < -0.39 is 21.9 Å². The molecule has 0 bridgehead atoms. The van der Waals surface area contributed by atoms with Gasteiger partial charge in [-0.15, -0.1) is 0 Å². The Labute approximate surface area is 121 Å². The third-order valence-electron chi connectivity index (χ3n) is 3.09. The maximum absolute atomic E-state index is 12.9. The van der Waals surface area contributed by atoms with Crippen LogP contribution in [0.1, 0.15) is 46.0 Å². The number of rotatable bonds is 10. The molecule has 0 fully saturated rings. The summed E-state index contributed by atoms with van der Waals surface area (Å²) in [4.78, 5) is 0. The molecule has 19 heavy (non-hydrogen) atoms. The number of hydrogen-bond donors (Lipinski definition) is 1. The van der Waals surface area contributed by atoms with Crippen LogP contribution in [0.15, 0.2) is 22.1 Å². The fraction of sp³-hybridized carbons (Fsp3) is 0.714. The van der Waals surface area contributed by atoms with Crippen LogP contribution in [-0.4, -0.2) is 40.2 Å². The molecule has 0 radical (unpaired) electrons. The molecule has 0 aliphatic heterocycles. The summed E-state index contributed by atoms with van der Waals surface area (Å²) in [6, 6.07) is 0. The van der Waals surface area contributed by atoms with Gasteiger partial charge >= 0.3 is 121 Å². The van der Waals surface area contributed by atoms with Crippen molar-refractivity contribution in [2.24, 2.45) is 0 Å². The monoisotopic (exact) mass is 334 g/mol. The van der Waals surface area contributed by atoms with Crippen molar-refractivity contribution in [2.75, 3.05) is 13.2 Å². The first kappa shape index (κ1) is 16.9. The molecule has 1 aliphatic carbocycles. The second-order valence-corrected chi connectivity index (χ2v) is 6.94. The van der Waals surface area contributed by atoms with Crippen LogP contribution in [0.25, 0.3) is 0 Å². The summed E-state index contributed by atoms with van der Waals surface area (Å²) < 4.78 is 24.7. The molecule has 0 atom stereocenters. The third-order valence-corrected chi connectivity index (χ3v) is 5.24. The molecule has 1 aliphatic rings. The van der Waals surface area contributed by atoms with E-state index >= 15 is 0 Å². The van der Waals surface area contributed by atoms with Gasteiger partial charge in [-0.3, -0.25) is 0 Å². The van der Waals surface area contributed by atoms with Gasteiger partial charge < -0.3 is 0 Å². The van der Waals surface area contributed by atoms with Crippen molar-refractivity contribution in [1.29, 1.82) is 0 Å². The Morgan fingerprint density at radius 1 is 1.32 bits per heavy atom. The van der Waals surface area contributed by atoms with Crippen LogP contribution in [-0.2, 0) is 9.47 Å². The summed E-state index contributed by atoms with van der Waals surface area (Å²) >= 11 is -2.03. The Bertz CT molecular complexity index is 321. The van der Waals surface area contributed by atoms with E-state index in [9.17, 15) is 8.61 Å². The molecular formula is C14H25FGeO3. The van der Waals surface area contributed by atoms with Crippen molar-refractivity contribution in [1.82, 2.24) is 0 Å². The molecular weight excluding hydrogens is 308 g/mol. The second kappa shape index (κ2) is 8.90. The van der Waals surface area contributed by atoms with E-state index in [2.05, 4.69) is 0 Å². The van der Waals surface area contributed by atoms with Crippen molar-refractivity contribution in [3.63, 3.8) is 0 Å². The van der Waals surface area contributed by atoms with E-state index in [1.54, 1.807) is 0 Å². The molecule has 110 valence electrons. The summed E-state index contributed by atoms with van der Waals surface area (Å²) in [6.07, 6.45) is 7.36. The van der Waals surface area contributed by atoms with Gasteiger partial charge in [-0.25, -0.2) is 0 Å². The quantitative estimate of drug-likeness (QED) is 0.493. The molecule has 0 aromatic carbocycles. The Morgan fingerprint density at radius 2 is 1.95 bits per heavy atom. The molecule has 3 nitrogen and oxygen atoms in total. The van der Waals surface area contributed by atoms with Crippen LogP contribution >= 0.6 is 0 Å². The molecule has 5 heteroatoms. The van der Waals surface area contributed by atoms with E-state index in [-0.39, 0.29) is 0 Å². The van der Waals surface area contributed by atoms with E-state index in [4.69, 9.17) is 9.47 Å². The van der Waals surface area contributed by atoms with Gasteiger partial charge in [-0.2, -0.15) is 0 Å². The zero-order valence-electron chi connectivity index (χ0n) is 12.0. The van der Waals surface area contributed by atoms with Crippen molar-refractivity contribution in [3.05, 3.63) is 22.1 Å². The van der Waals surface area contributed by atoms with Crippen LogP contribution in [0, 0.1) is 0 Å². The van der Waals surface area contributed by atoms with E-state index in [0.29, 0.717) is 26.1 Å². The molecule has 0 saturated carbocycles. The Kier molecular flexibility index (Phi) is 7.91. The fourth-order valence-electron chi connectivity index (χ4n) is 2.01. The molecule has 0 unspecified atom stereocenters. The first-order chi connectivity index (χ1) is 9.15. The van der Waals surface area contributed by atoms with Gasteiger partial charge in [0, 0.05) is 0 Å². The molecule has 0 spiro atoms. The molecule has 1 rings (SSSR count). The first-order valence-electron chi connectivity index (χ1n) is 7.09. The van der Waals surface area contributed by atoms with Crippen LogP contribution in [0.2, 0.25) is 0 Å². The molecule has 0 saturated heterocycles. The summed E-state index contributed by atoms with van der Waals surface area (Å²) in [5.74, 6) is -1.52. The van der Waals surface area contributed by atoms with Gasteiger partial charge in [0.1, 0.15) is 0 Å². The standard InChI is InChI=1S/C14H25FGeO3/c1-3-10-18-14(17,19-11-4-2)9-8-12-6-5-7-13(12)16-15/h5,7,17H,3-4,6,8-11,16H2,1-2H3. The number of halogens is 1. The maximum atomic E-state index is 12.9. The minimum atomic E-state index is -2.03. The van der Waals surface area contributed by atoms with E-state index in [0.717, 1.165) is 29.2 Å². The summed E-state index contributed by atoms with van der Waals surface area (Å²) in [6.45, 7) is 4.90. The molecule has 0 aromatic heterocycles. The fourth-order valence-corrected chi connectivity index (χ4v) is 3.62. The van der Waals surface area contributed by atoms with Crippen molar-refractivity contribution in [2.45, 2.75) is 51.9 Å². The van der Waals surface area contributed by atoms with Crippen molar-refractivity contribution >= 4 is 15.9 Å². The first-order valence-corrected chi connectivity index (χ1v) is 9.69. The minimum absolute atomic E-state index is 0.371. The summed E-state index contributed by atoms with van der Waals surface area (Å²) in [5, 5.41) is 10.3. The van der Waals surface area contributed by atoms with Crippen LogP contribution in [0.5, 0.6) is 0 Å². The summed E-state index contributed by atoms with van der Waals surface area (Å²) in [7, 11) is 0. The Morgan fingerprint density at radius 3 is 2.47 bits per heavy atom. The summed E-state index contributed by atoms with van der Waals surface area (Å²) in [5.41, 5.74) is 1.11. The predicted molar refractivity (Wildman–Crippen MR) is 77.1 cm³/mol. The average Bonchev–Trinajstić information content (AvgIpc) is 2.88. The predicted octanol–water partition coefficient (Wildman–Crippen LogP) is 2.53. The normalized spacial score (nSPS) is 16.2. The van der Waals surface area contributed by atoms with Gasteiger partial charge in [0.25, 0.3) is 0 Å². The van der Waals surface area contributed by atoms with Gasteiger partial charge in [-0.05, 0) is 0 Å². The van der Waals surface area contributed by atoms with Gasteiger partial charge in [0.2, 0.25) is 0 Å². The van der Waals surface area contributed by atoms with Crippen LogP contribution in [0.4, 0.5) is 3.50 Å². The molecule has 0 aromatic rings. The number of allylic oxidation sites excluding steroid dienone is 4. The zero-order chi connectivity index (χ0) is 14.1. The number of hydrogen-bond acceptors (Lipinski definition) is 3. The van der Waals surface area contributed by atoms with Crippen LogP contribution < -0.4 is 0 Å². The zero-order valence-corrected chi connectivity index (χ0v) is 14.9. The Hall–Kier alpha value is -0.167. The van der Waals surface area contributed by atoms with Gasteiger partial charge in [0.05, 0.1) is 0 Å². The van der Waals surface area contributed by atoms with Gasteiger partial charge in [0.15, 0.2) is 0 Å². The second-order valence-electron chi connectivity index (χ2n) is 4.78. The molecule has 0 amide bonds. The average molecular weight is 333 g/mol.